The highest BCUT2D eigenvalue weighted by Gasteiger charge is 2.24. The van der Waals surface area contributed by atoms with Crippen LogP contribution in [0.3, 0.4) is 0 Å². The summed E-state index contributed by atoms with van der Waals surface area (Å²) >= 11 is 0. The highest BCUT2D eigenvalue weighted by Crippen LogP contribution is 2.17. The lowest BCUT2D eigenvalue weighted by Crippen LogP contribution is -2.41. The fourth-order valence-corrected chi connectivity index (χ4v) is 3.38. The molecule has 1 aliphatic heterocycles. The Labute approximate surface area is 145 Å². The Balaban J connectivity index is 1.50. The number of nitrogens with one attached hydrogen (secondary N) is 1. The van der Waals surface area contributed by atoms with Crippen LogP contribution in [0.15, 0.2) is 18.2 Å². The minimum absolute atomic E-state index is 0.0764. The minimum atomic E-state index is -0.0764. The first kappa shape index (κ1) is 15.7. The molecule has 2 aromatic heterocycles. The van der Waals surface area contributed by atoms with E-state index in [9.17, 15) is 4.79 Å². The van der Waals surface area contributed by atoms with E-state index in [4.69, 9.17) is 0 Å². The van der Waals surface area contributed by atoms with Crippen LogP contribution in [0.2, 0.25) is 0 Å². The second kappa shape index (κ2) is 6.27. The summed E-state index contributed by atoms with van der Waals surface area (Å²) in [4.78, 5) is 12.6. The smallest absolute Gasteiger partial charge is 0.251 e. The molecule has 0 saturated heterocycles. The highest BCUT2D eigenvalue weighted by molar-refractivity contribution is 5.97. The lowest BCUT2D eigenvalue weighted by atomic mass is 10.1. The summed E-state index contributed by atoms with van der Waals surface area (Å²) in [6, 6.07) is 5.62. The molecule has 130 valence electrons. The number of rotatable bonds is 4. The van der Waals surface area contributed by atoms with E-state index in [0.717, 1.165) is 55.0 Å². The first-order chi connectivity index (χ1) is 12.2. The number of aromatic nitrogens is 6. The third-order valence-electron chi connectivity index (χ3n) is 4.75. The largest absolute Gasteiger partial charge is 0.347 e. The van der Waals surface area contributed by atoms with E-state index in [1.54, 1.807) is 6.07 Å². The maximum absolute atomic E-state index is 12.6. The van der Waals surface area contributed by atoms with Gasteiger partial charge in [0.1, 0.15) is 17.2 Å². The molecule has 1 amide bonds. The van der Waals surface area contributed by atoms with Gasteiger partial charge in [0.05, 0.1) is 5.52 Å². The molecule has 1 atom stereocenters. The van der Waals surface area contributed by atoms with Crippen molar-refractivity contribution in [3.63, 3.8) is 0 Å². The third kappa shape index (κ3) is 2.77. The lowest BCUT2D eigenvalue weighted by molar-refractivity contribution is 0.0927. The zero-order chi connectivity index (χ0) is 17.4. The van der Waals surface area contributed by atoms with E-state index in [1.807, 2.05) is 23.7 Å². The van der Waals surface area contributed by atoms with Crippen molar-refractivity contribution in [2.75, 3.05) is 0 Å². The quantitative estimate of drug-likeness (QED) is 0.775. The van der Waals surface area contributed by atoms with Gasteiger partial charge in [0.25, 0.3) is 5.91 Å². The number of hydrogen-bond donors (Lipinski definition) is 1. The molecule has 0 fully saturated rings. The number of carbonyl (C=O) groups is 1. The zero-order valence-corrected chi connectivity index (χ0v) is 14.4. The van der Waals surface area contributed by atoms with Crippen molar-refractivity contribution in [1.29, 1.82) is 0 Å². The van der Waals surface area contributed by atoms with E-state index < -0.39 is 0 Å². The number of hydrogen-bond acceptors (Lipinski definition) is 5. The van der Waals surface area contributed by atoms with Crippen molar-refractivity contribution in [2.24, 2.45) is 0 Å². The lowest BCUT2D eigenvalue weighted by Gasteiger charge is -2.25. The Morgan fingerprint density at radius 1 is 1.28 bits per heavy atom. The molecular formula is C17H21N7O. The normalized spacial score (nSPS) is 16.8. The molecule has 0 bridgehead atoms. The molecular weight excluding hydrogens is 318 g/mol. The maximum atomic E-state index is 12.6. The van der Waals surface area contributed by atoms with Crippen LogP contribution in [-0.2, 0) is 25.9 Å². The van der Waals surface area contributed by atoms with Crippen molar-refractivity contribution in [3.05, 3.63) is 35.4 Å². The van der Waals surface area contributed by atoms with Gasteiger partial charge in [0.2, 0.25) is 0 Å². The number of nitrogens with zero attached hydrogens (tertiary/aromatic N) is 6. The highest BCUT2D eigenvalue weighted by atomic mass is 16.1. The molecule has 1 aromatic carbocycles. The van der Waals surface area contributed by atoms with Crippen LogP contribution in [0.25, 0.3) is 11.0 Å². The summed E-state index contributed by atoms with van der Waals surface area (Å²) in [6.45, 7) is 5.57. The average molecular weight is 339 g/mol. The second-order valence-corrected chi connectivity index (χ2v) is 6.31. The first-order valence-electron chi connectivity index (χ1n) is 8.74. The predicted octanol–water partition coefficient (Wildman–Crippen LogP) is 1.35. The number of fused-ring (bicyclic) bond motifs is 2. The molecule has 8 nitrogen and oxygen atoms in total. The van der Waals surface area contributed by atoms with Gasteiger partial charge in [-0.3, -0.25) is 4.79 Å². The molecule has 1 N–H and O–H groups in total. The van der Waals surface area contributed by atoms with Gasteiger partial charge in [-0.1, -0.05) is 12.1 Å². The Bertz CT molecular complexity index is 913. The molecule has 0 spiro atoms. The first-order valence-corrected chi connectivity index (χ1v) is 8.74. The van der Waals surface area contributed by atoms with Crippen LogP contribution in [-0.4, -0.2) is 41.7 Å². The fourth-order valence-electron chi connectivity index (χ4n) is 3.38. The van der Waals surface area contributed by atoms with Gasteiger partial charge in [-0.25, -0.2) is 4.68 Å². The molecule has 1 unspecified atom stereocenters. The minimum Gasteiger partial charge on any atom is -0.347 e. The van der Waals surface area contributed by atoms with Gasteiger partial charge in [0.15, 0.2) is 0 Å². The Morgan fingerprint density at radius 2 is 2.16 bits per heavy atom. The molecule has 8 heteroatoms. The van der Waals surface area contributed by atoms with Crippen LogP contribution < -0.4 is 5.32 Å². The van der Waals surface area contributed by atoms with Crippen LogP contribution in [0.5, 0.6) is 0 Å². The SMILES string of the molecule is CCc1nnc2n1CC(NC(=O)c1ccc3c(c1)nnn3CC)CC2. The topological polar surface area (TPSA) is 90.5 Å². The Kier molecular flexibility index (Phi) is 3.95. The van der Waals surface area contributed by atoms with Gasteiger partial charge in [-0.05, 0) is 31.5 Å². The summed E-state index contributed by atoms with van der Waals surface area (Å²) in [5.74, 6) is 1.92. The van der Waals surface area contributed by atoms with E-state index in [2.05, 4.69) is 37.3 Å². The van der Waals surface area contributed by atoms with Crippen molar-refractivity contribution >= 4 is 16.9 Å². The molecule has 3 aromatic rings. The van der Waals surface area contributed by atoms with Gasteiger partial charge in [-0.2, -0.15) is 0 Å². The molecule has 0 radical (unpaired) electrons. The summed E-state index contributed by atoms with van der Waals surface area (Å²) in [6.07, 6.45) is 2.56. The molecule has 3 heterocycles. The van der Waals surface area contributed by atoms with Crippen LogP contribution in [0, 0.1) is 0 Å². The van der Waals surface area contributed by atoms with Crippen molar-refractivity contribution in [3.8, 4) is 0 Å². The fraction of sp³-hybridized carbons (Fsp3) is 0.471. The maximum Gasteiger partial charge on any atom is 0.251 e. The predicted molar refractivity (Wildman–Crippen MR) is 92.2 cm³/mol. The van der Waals surface area contributed by atoms with E-state index >= 15 is 0 Å². The van der Waals surface area contributed by atoms with Crippen LogP contribution in [0.1, 0.15) is 42.3 Å². The number of carbonyl (C=O) groups excluding carboxylic acids is 1. The van der Waals surface area contributed by atoms with E-state index in [0.29, 0.717) is 5.56 Å². The molecule has 4 rings (SSSR count). The molecule has 25 heavy (non-hydrogen) atoms. The monoisotopic (exact) mass is 339 g/mol. The van der Waals surface area contributed by atoms with Gasteiger partial charge in [0, 0.05) is 37.5 Å². The van der Waals surface area contributed by atoms with Crippen molar-refractivity contribution in [2.45, 2.75) is 52.2 Å². The summed E-state index contributed by atoms with van der Waals surface area (Å²) in [5, 5.41) is 19.8. The molecule has 0 aliphatic carbocycles. The summed E-state index contributed by atoms with van der Waals surface area (Å²) in [7, 11) is 0. The number of benzene rings is 1. The van der Waals surface area contributed by atoms with Gasteiger partial charge >= 0.3 is 0 Å². The third-order valence-corrected chi connectivity index (χ3v) is 4.75. The van der Waals surface area contributed by atoms with Crippen LogP contribution >= 0.6 is 0 Å². The summed E-state index contributed by atoms with van der Waals surface area (Å²) in [5.41, 5.74) is 2.30. The Morgan fingerprint density at radius 3 is 2.96 bits per heavy atom. The Hall–Kier alpha value is -2.77. The molecule has 1 aliphatic rings. The summed E-state index contributed by atoms with van der Waals surface area (Å²) < 4.78 is 3.95. The second-order valence-electron chi connectivity index (χ2n) is 6.31. The van der Waals surface area contributed by atoms with E-state index in [-0.39, 0.29) is 11.9 Å². The number of amides is 1. The standard InChI is InChI=1S/C17H21N7O/c1-3-15-20-21-16-8-6-12(10-23(15)16)18-17(25)11-5-7-14-13(9-11)19-22-24(14)4-2/h5,7,9,12H,3-4,6,8,10H2,1-2H3,(H,18,25). The number of aryl methyl sites for hydroxylation is 3. The molecule has 0 saturated carbocycles. The van der Waals surface area contributed by atoms with Crippen molar-refractivity contribution in [1.82, 2.24) is 35.1 Å². The van der Waals surface area contributed by atoms with Gasteiger partial charge < -0.3 is 9.88 Å². The average Bonchev–Trinajstić information content (AvgIpc) is 3.24. The van der Waals surface area contributed by atoms with Crippen molar-refractivity contribution < 1.29 is 4.79 Å². The van der Waals surface area contributed by atoms with Gasteiger partial charge in [-0.15, -0.1) is 15.3 Å². The van der Waals surface area contributed by atoms with Crippen LogP contribution in [0.4, 0.5) is 0 Å². The zero-order valence-electron chi connectivity index (χ0n) is 14.4. The van der Waals surface area contributed by atoms with E-state index in [1.165, 1.54) is 0 Å².